The van der Waals surface area contributed by atoms with Crippen molar-refractivity contribution in [3.8, 4) is 5.75 Å². The molecular weight excluding hydrogens is 254 g/mol. The smallest absolute Gasteiger partial charge is 0.410 e. The van der Waals surface area contributed by atoms with Crippen molar-refractivity contribution in [2.24, 2.45) is 7.05 Å². The Labute approximate surface area is 117 Å². The maximum atomic E-state index is 11.8. The second-order valence-electron chi connectivity index (χ2n) is 5.43. The summed E-state index contributed by atoms with van der Waals surface area (Å²) in [5.41, 5.74) is 1.20. The van der Waals surface area contributed by atoms with E-state index in [9.17, 15) is 4.79 Å². The number of nitrogens with zero attached hydrogens (tertiary/aromatic N) is 2. The van der Waals surface area contributed by atoms with Gasteiger partial charge in [0, 0.05) is 18.5 Å². The van der Waals surface area contributed by atoms with Crippen molar-refractivity contribution in [3.63, 3.8) is 0 Å². The molecule has 1 saturated carbocycles. The summed E-state index contributed by atoms with van der Waals surface area (Å²) in [6.45, 7) is 2.18. The Bertz CT molecular complexity index is 630. The van der Waals surface area contributed by atoms with Crippen molar-refractivity contribution < 1.29 is 9.53 Å². The number of rotatable bonds is 3. The largest absolute Gasteiger partial charge is 0.418 e. The summed E-state index contributed by atoms with van der Waals surface area (Å²) in [6.07, 6.45) is 1.79. The van der Waals surface area contributed by atoms with E-state index in [-0.39, 0.29) is 5.41 Å². The van der Waals surface area contributed by atoms with Crippen molar-refractivity contribution in [1.82, 2.24) is 9.78 Å². The Morgan fingerprint density at radius 2 is 2.05 bits per heavy atom. The van der Waals surface area contributed by atoms with Crippen LogP contribution in [0.2, 0.25) is 0 Å². The van der Waals surface area contributed by atoms with E-state index >= 15 is 0 Å². The first kappa shape index (κ1) is 12.7. The van der Waals surface area contributed by atoms with Gasteiger partial charge in [-0.3, -0.25) is 10.00 Å². The Hall–Kier alpha value is -2.30. The van der Waals surface area contributed by atoms with Crippen LogP contribution in [0.4, 0.5) is 10.6 Å². The highest BCUT2D eigenvalue weighted by atomic mass is 16.6. The maximum Gasteiger partial charge on any atom is 0.418 e. The molecule has 0 radical (unpaired) electrons. The van der Waals surface area contributed by atoms with Crippen LogP contribution in [-0.4, -0.2) is 15.9 Å². The fraction of sp³-hybridized carbons (Fsp3) is 0.333. The van der Waals surface area contributed by atoms with E-state index in [4.69, 9.17) is 4.74 Å². The minimum atomic E-state index is -0.508. The first-order chi connectivity index (χ1) is 9.57. The first-order valence-corrected chi connectivity index (χ1v) is 6.65. The predicted octanol–water partition coefficient (Wildman–Crippen LogP) is 3.08. The number of anilines is 1. The van der Waals surface area contributed by atoms with Crippen molar-refractivity contribution >= 4 is 11.9 Å². The lowest BCUT2D eigenvalue weighted by Crippen LogP contribution is -2.18. The van der Waals surface area contributed by atoms with Gasteiger partial charge < -0.3 is 4.74 Å². The summed E-state index contributed by atoms with van der Waals surface area (Å²) >= 11 is 0. The third-order valence-corrected chi connectivity index (χ3v) is 3.68. The molecular formula is C15H17N3O2. The number of carbonyl (C=O) groups excluding carboxylic acids is 1. The van der Waals surface area contributed by atoms with Crippen LogP contribution in [0.3, 0.4) is 0 Å². The second-order valence-corrected chi connectivity index (χ2v) is 5.43. The van der Waals surface area contributed by atoms with Crippen LogP contribution < -0.4 is 10.1 Å². The molecule has 1 aromatic carbocycles. The summed E-state index contributed by atoms with van der Waals surface area (Å²) in [5, 5.41) is 7.17. The van der Waals surface area contributed by atoms with Gasteiger partial charge in [-0.2, -0.15) is 5.10 Å². The topological polar surface area (TPSA) is 56.2 Å². The molecule has 2 aromatic rings. The Kier molecular flexibility index (Phi) is 2.97. The molecule has 0 aliphatic heterocycles. The third-order valence-electron chi connectivity index (χ3n) is 3.68. The summed E-state index contributed by atoms with van der Waals surface area (Å²) < 4.78 is 6.86. The molecule has 0 spiro atoms. The number of benzene rings is 1. The fourth-order valence-electron chi connectivity index (χ4n) is 2.05. The highest BCUT2D eigenvalue weighted by Gasteiger charge is 2.41. The first-order valence-electron chi connectivity index (χ1n) is 6.65. The number of amides is 1. The molecule has 104 valence electrons. The van der Waals surface area contributed by atoms with E-state index in [1.54, 1.807) is 16.8 Å². The summed E-state index contributed by atoms with van der Waals surface area (Å²) in [7, 11) is 1.81. The molecule has 5 nitrogen and oxygen atoms in total. The van der Waals surface area contributed by atoms with E-state index in [1.807, 2.05) is 31.3 Å². The van der Waals surface area contributed by atoms with Crippen LogP contribution in [-0.2, 0) is 12.5 Å². The van der Waals surface area contributed by atoms with Crippen LogP contribution in [0.1, 0.15) is 25.5 Å². The van der Waals surface area contributed by atoms with Crippen LogP contribution in [0.25, 0.3) is 0 Å². The number of aromatic nitrogens is 2. The molecule has 0 atom stereocenters. The standard InChI is InChI=1S/C15H17N3O2/c1-15(8-9-15)12-10-13(18(2)17-12)16-14(19)20-11-6-4-3-5-7-11/h3-7,10H,8-9H2,1-2H3,(H,16,19). The van der Waals surface area contributed by atoms with Crippen molar-refractivity contribution in [1.29, 1.82) is 0 Å². The average Bonchev–Trinajstić information content (AvgIpc) is 3.07. The zero-order chi connectivity index (χ0) is 14.2. The number of hydrogen-bond acceptors (Lipinski definition) is 3. The molecule has 0 unspecified atom stereocenters. The van der Waals surface area contributed by atoms with Gasteiger partial charge in [0.2, 0.25) is 0 Å². The fourth-order valence-corrected chi connectivity index (χ4v) is 2.05. The van der Waals surface area contributed by atoms with Gasteiger partial charge in [-0.1, -0.05) is 25.1 Å². The minimum Gasteiger partial charge on any atom is -0.410 e. The van der Waals surface area contributed by atoms with Crippen molar-refractivity contribution in [2.75, 3.05) is 5.32 Å². The summed E-state index contributed by atoms with van der Waals surface area (Å²) in [5.74, 6) is 1.16. The molecule has 3 rings (SSSR count). The molecule has 1 aliphatic rings. The van der Waals surface area contributed by atoms with Crippen LogP contribution in [0.5, 0.6) is 5.75 Å². The molecule has 1 N–H and O–H groups in total. The summed E-state index contributed by atoms with van der Waals surface area (Å²) in [4.78, 5) is 11.8. The highest BCUT2D eigenvalue weighted by Crippen LogP contribution is 2.47. The van der Waals surface area contributed by atoms with E-state index in [1.165, 1.54) is 0 Å². The number of para-hydroxylation sites is 1. The van der Waals surface area contributed by atoms with Gasteiger partial charge in [-0.25, -0.2) is 4.79 Å². The quantitative estimate of drug-likeness (QED) is 0.933. The van der Waals surface area contributed by atoms with Gasteiger partial charge in [0.25, 0.3) is 0 Å². The molecule has 1 heterocycles. The zero-order valence-electron chi connectivity index (χ0n) is 11.6. The van der Waals surface area contributed by atoms with E-state index in [0.717, 1.165) is 18.5 Å². The second kappa shape index (κ2) is 4.67. The molecule has 1 amide bonds. The van der Waals surface area contributed by atoms with E-state index in [2.05, 4.69) is 17.3 Å². The molecule has 1 aliphatic carbocycles. The molecule has 1 fully saturated rings. The Morgan fingerprint density at radius 1 is 1.35 bits per heavy atom. The SMILES string of the molecule is Cn1nc(C2(C)CC2)cc1NC(=O)Oc1ccccc1. The average molecular weight is 271 g/mol. The van der Waals surface area contributed by atoms with E-state index in [0.29, 0.717) is 11.6 Å². The number of ether oxygens (including phenoxy) is 1. The maximum absolute atomic E-state index is 11.8. The molecule has 20 heavy (non-hydrogen) atoms. The van der Waals surface area contributed by atoms with E-state index < -0.39 is 6.09 Å². The van der Waals surface area contributed by atoms with Crippen LogP contribution in [0.15, 0.2) is 36.4 Å². The monoisotopic (exact) mass is 271 g/mol. The normalized spacial score (nSPS) is 15.7. The van der Waals surface area contributed by atoms with Gasteiger partial charge in [-0.05, 0) is 25.0 Å². The van der Waals surface area contributed by atoms with Crippen molar-refractivity contribution in [3.05, 3.63) is 42.1 Å². The molecule has 5 heteroatoms. The van der Waals surface area contributed by atoms with Crippen LogP contribution in [0, 0.1) is 0 Å². The number of aryl methyl sites for hydroxylation is 1. The molecule has 0 saturated heterocycles. The van der Waals surface area contributed by atoms with Gasteiger partial charge >= 0.3 is 6.09 Å². The van der Waals surface area contributed by atoms with Gasteiger partial charge in [-0.15, -0.1) is 0 Å². The zero-order valence-corrected chi connectivity index (χ0v) is 11.6. The Morgan fingerprint density at radius 3 is 2.70 bits per heavy atom. The van der Waals surface area contributed by atoms with Gasteiger partial charge in [0.05, 0.1) is 5.69 Å². The lowest BCUT2D eigenvalue weighted by molar-refractivity contribution is 0.215. The molecule has 0 bridgehead atoms. The lowest BCUT2D eigenvalue weighted by atomic mass is 10.1. The van der Waals surface area contributed by atoms with Crippen molar-refractivity contribution in [2.45, 2.75) is 25.2 Å². The lowest BCUT2D eigenvalue weighted by Gasteiger charge is -2.05. The summed E-state index contributed by atoms with van der Waals surface area (Å²) in [6, 6.07) is 10.9. The predicted molar refractivity (Wildman–Crippen MR) is 75.9 cm³/mol. The number of carbonyl (C=O) groups is 1. The van der Waals surface area contributed by atoms with Gasteiger partial charge in [0.1, 0.15) is 11.6 Å². The van der Waals surface area contributed by atoms with Crippen LogP contribution >= 0.6 is 0 Å². The van der Waals surface area contributed by atoms with Gasteiger partial charge in [0.15, 0.2) is 0 Å². The highest BCUT2D eigenvalue weighted by molar-refractivity contribution is 5.85. The minimum absolute atomic E-state index is 0.182. The number of nitrogens with one attached hydrogen (secondary N) is 1. The number of hydrogen-bond donors (Lipinski definition) is 1. The molecule has 1 aromatic heterocycles. The third kappa shape index (κ3) is 2.52. The Balaban J connectivity index is 1.68.